The third-order valence-electron chi connectivity index (χ3n) is 9.74. The molecule has 4 aliphatic rings. The Bertz CT molecular complexity index is 1070. The summed E-state index contributed by atoms with van der Waals surface area (Å²) in [6.07, 6.45) is 6.60. The molecule has 1 spiro atoms. The third-order valence-corrected chi connectivity index (χ3v) is 9.74. The van der Waals surface area contributed by atoms with Crippen molar-refractivity contribution >= 4 is 12.6 Å². The Morgan fingerprint density at radius 2 is 1.61 bits per heavy atom. The van der Waals surface area contributed by atoms with Crippen molar-refractivity contribution in [2.45, 2.75) is 95.7 Å². The van der Waals surface area contributed by atoms with E-state index in [9.17, 15) is 0 Å². The Kier molecular flexibility index (Phi) is 3.92. The van der Waals surface area contributed by atoms with E-state index in [-0.39, 0.29) is 18.3 Å². The van der Waals surface area contributed by atoms with Gasteiger partial charge in [0.25, 0.3) is 0 Å². The second-order valence-corrected chi connectivity index (χ2v) is 11.7. The minimum Gasteiger partial charge on any atom is -0.399 e. The minimum atomic E-state index is -0.308. The van der Waals surface area contributed by atoms with Gasteiger partial charge in [0.15, 0.2) is 0 Å². The van der Waals surface area contributed by atoms with Crippen LogP contribution in [0, 0.1) is 12.8 Å². The molecule has 1 aliphatic heterocycles. The maximum atomic E-state index is 6.43. The van der Waals surface area contributed by atoms with Crippen molar-refractivity contribution in [2.24, 2.45) is 5.92 Å². The molecule has 3 heteroatoms. The first-order chi connectivity index (χ1) is 14.7. The SMILES string of the molecule is CCC[C@@]12CC3CC[C@@]31c1cc(B3OC(C)(C)C(C)(C)O3)ccc1-c1ccc(C)cc12. The number of rotatable bonds is 3. The quantitative estimate of drug-likeness (QED) is 0.568. The van der Waals surface area contributed by atoms with E-state index in [1.807, 2.05) is 0 Å². The molecule has 0 radical (unpaired) electrons. The monoisotopic (exact) mass is 414 g/mol. The van der Waals surface area contributed by atoms with E-state index in [0.29, 0.717) is 10.8 Å². The summed E-state index contributed by atoms with van der Waals surface area (Å²) in [7, 11) is -0.287. The average molecular weight is 414 g/mol. The van der Waals surface area contributed by atoms with Crippen molar-refractivity contribution in [3.63, 3.8) is 0 Å². The van der Waals surface area contributed by atoms with Gasteiger partial charge < -0.3 is 9.31 Å². The molecule has 0 amide bonds. The minimum absolute atomic E-state index is 0.287. The smallest absolute Gasteiger partial charge is 0.399 e. The first-order valence-corrected chi connectivity index (χ1v) is 12.3. The van der Waals surface area contributed by atoms with Crippen LogP contribution in [0.4, 0.5) is 0 Å². The van der Waals surface area contributed by atoms with Crippen LogP contribution in [0.25, 0.3) is 11.1 Å². The van der Waals surface area contributed by atoms with Gasteiger partial charge >= 0.3 is 7.12 Å². The third kappa shape index (κ3) is 2.27. The van der Waals surface area contributed by atoms with Gasteiger partial charge in [-0.3, -0.25) is 0 Å². The van der Waals surface area contributed by atoms with Crippen LogP contribution < -0.4 is 5.46 Å². The number of hydrogen-bond acceptors (Lipinski definition) is 2. The summed E-state index contributed by atoms with van der Waals surface area (Å²) in [5.74, 6) is 0.833. The highest BCUT2D eigenvalue weighted by atomic mass is 16.7. The summed E-state index contributed by atoms with van der Waals surface area (Å²) in [5.41, 5.74) is 8.71. The summed E-state index contributed by atoms with van der Waals surface area (Å²) >= 11 is 0. The van der Waals surface area contributed by atoms with E-state index in [1.54, 1.807) is 11.1 Å². The van der Waals surface area contributed by atoms with E-state index in [2.05, 4.69) is 77.9 Å². The Balaban J connectivity index is 1.53. The lowest BCUT2D eigenvalue weighted by atomic mass is 9.29. The maximum absolute atomic E-state index is 6.43. The summed E-state index contributed by atoms with van der Waals surface area (Å²) in [6, 6.07) is 14.3. The van der Waals surface area contributed by atoms with Gasteiger partial charge in [0, 0.05) is 10.8 Å². The molecule has 2 nitrogen and oxygen atoms in total. The molecule has 31 heavy (non-hydrogen) atoms. The average Bonchev–Trinajstić information content (AvgIpc) is 2.92. The molecule has 1 heterocycles. The van der Waals surface area contributed by atoms with Gasteiger partial charge in [0.1, 0.15) is 0 Å². The molecule has 2 saturated carbocycles. The molecule has 3 aliphatic carbocycles. The second-order valence-electron chi connectivity index (χ2n) is 11.7. The Morgan fingerprint density at radius 3 is 2.23 bits per heavy atom. The van der Waals surface area contributed by atoms with E-state index < -0.39 is 0 Å². The number of fused-ring (bicyclic) bond motifs is 4. The highest BCUT2D eigenvalue weighted by Gasteiger charge is 2.72. The first kappa shape index (κ1) is 20.1. The van der Waals surface area contributed by atoms with Gasteiger partial charge in [-0.05, 0) is 93.9 Å². The van der Waals surface area contributed by atoms with Crippen molar-refractivity contribution in [1.29, 1.82) is 0 Å². The topological polar surface area (TPSA) is 18.5 Å². The fraction of sp³-hybridized carbons (Fsp3) is 0.571. The zero-order chi connectivity index (χ0) is 21.8. The normalized spacial score (nSPS) is 33.5. The highest BCUT2D eigenvalue weighted by Crippen LogP contribution is 2.77. The van der Waals surface area contributed by atoms with Crippen LogP contribution in [0.5, 0.6) is 0 Å². The lowest BCUT2D eigenvalue weighted by molar-refractivity contribution is -0.104. The molecule has 3 fully saturated rings. The molecule has 1 unspecified atom stereocenters. The van der Waals surface area contributed by atoms with Crippen molar-refractivity contribution < 1.29 is 9.31 Å². The summed E-state index contributed by atoms with van der Waals surface area (Å²) in [6.45, 7) is 13.2. The van der Waals surface area contributed by atoms with Crippen LogP contribution in [-0.2, 0) is 20.1 Å². The molecule has 1 saturated heterocycles. The van der Waals surface area contributed by atoms with Gasteiger partial charge in [-0.2, -0.15) is 0 Å². The zero-order valence-corrected chi connectivity index (χ0v) is 20.0. The largest absolute Gasteiger partial charge is 0.494 e. The van der Waals surface area contributed by atoms with Crippen molar-refractivity contribution in [3.05, 3.63) is 53.1 Å². The van der Waals surface area contributed by atoms with Crippen LogP contribution >= 0.6 is 0 Å². The number of hydrogen-bond donors (Lipinski definition) is 0. The fourth-order valence-electron chi connectivity index (χ4n) is 7.44. The summed E-state index contributed by atoms with van der Waals surface area (Å²) < 4.78 is 12.9. The molecule has 2 aromatic rings. The lowest BCUT2D eigenvalue weighted by Crippen LogP contribution is -2.71. The molecule has 0 aromatic heterocycles. The standard InChI is InChI=1S/C28H35BO2/c1-7-13-27-17-19-12-14-28(19,27)24-16-20(29-30-25(3,4)26(5,6)31-29)9-11-22(24)21-10-8-18(2)15-23(21)27/h8-11,15-16,19H,7,12-14,17H2,1-6H3/t19?,27-,28-/m0/s1. The maximum Gasteiger partial charge on any atom is 0.494 e. The first-order valence-electron chi connectivity index (χ1n) is 12.3. The lowest BCUT2D eigenvalue weighted by Gasteiger charge is -2.74. The fourth-order valence-corrected chi connectivity index (χ4v) is 7.44. The van der Waals surface area contributed by atoms with E-state index in [1.165, 1.54) is 54.3 Å². The molecular weight excluding hydrogens is 379 g/mol. The molecule has 0 N–H and O–H groups in total. The van der Waals surface area contributed by atoms with Gasteiger partial charge in [0.2, 0.25) is 0 Å². The van der Waals surface area contributed by atoms with Gasteiger partial charge in [0.05, 0.1) is 11.2 Å². The molecule has 3 atom stereocenters. The summed E-state index contributed by atoms with van der Waals surface area (Å²) in [5, 5.41) is 0. The van der Waals surface area contributed by atoms with Crippen molar-refractivity contribution in [2.75, 3.05) is 0 Å². The number of aryl methyl sites for hydroxylation is 1. The van der Waals surface area contributed by atoms with Gasteiger partial charge in [-0.15, -0.1) is 0 Å². The van der Waals surface area contributed by atoms with Gasteiger partial charge in [-0.25, -0.2) is 0 Å². The van der Waals surface area contributed by atoms with Gasteiger partial charge in [-0.1, -0.05) is 55.3 Å². The molecular formula is C28H35BO2. The van der Waals surface area contributed by atoms with Crippen molar-refractivity contribution in [3.8, 4) is 11.1 Å². The van der Waals surface area contributed by atoms with Crippen LogP contribution in [0.15, 0.2) is 36.4 Å². The van der Waals surface area contributed by atoms with Crippen LogP contribution in [-0.4, -0.2) is 18.3 Å². The van der Waals surface area contributed by atoms with E-state index in [0.717, 1.165) is 5.92 Å². The van der Waals surface area contributed by atoms with Crippen molar-refractivity contribution in [1.82, 2.24) is 0 Å². The Labute approximate surface area is 187 Å². The van der Waals surface area contributed by atoms with E-state index in [4.69, 9.17) is 9.31 Å². The highest BCUT2D eigenvalue weighted by molar-refractivity contribution is 6.62. The summed E-state index contributed by atoms with van der Waals surface area (Å²) in [4.78, 5) is 0. The molecule has 2 aromatic carbocycles. The van der Waals surface area contributed by atoms with Crippen LogP contribution in [0.3, 0.4) is 0 Å². The predicted octanol–water partition coefficient (Wildman–Crippen LogP) is 6.06. The molecule has 0 bridgehead atoms. The molecule has 6 rings (SSSR count). The zero-order valence-electron chi connectivity index (χ0n) is 20.0. The predicted molar refractivity (Wildman–Crippen MR) is 128 cm³/mol. The van der Waals surface area contributed by atoms with Crippen LogP contribution in [0.2, 0.25) is 0 Å². The Morgan fingerprint density at radius 1 is 0.935 bits per heavy atom. The van der Waals surface area contributed by atoms with E-state index >= 15 is 0 Å². The number of benzene rings is 2. The van der Waals surface area contributed by atoms with Crippen LogP contribution in [0.1, 0.15) is 83.4 Å². The second kappa shape index (κ2) is 6.05. The Hall–Kier alpha value is -1.58. The molecule has 162 valence electrons.